The van der Waals surface area contributed by atoms with Crippen LogP contribution in [0.5, 0.6) is 0 Å². The lowest BCUT2D eigenvalue weighted by molar-refractivity contribution is -0.163. The van der Waals surface area contributed by atoms with Gasteiger partial charge in [0, 0.05) is 0 Å². The maximum Gasteiger partial charge on any atom is 0.303 e. The fraction of sp³-hybridized carbons (Fsp3) is 0.857. The van der Waals surface area contributed by atoms with Gasteiger partial charge in [-0.1, -0.05) is 32.4 Å². The first-order chi connectivity index (χ1) is 10.8. The molecule has 0 heterocycles. The highest BCUT2D eigenvalue weighted by atomic mass is 16.4. The highest BCUT2D eigenvalue weighted by Crippen LogP contribution is 2.72. The first-order valence-electron chi connectivity index (χ1n) is 9.69. The monoisotopic (exact) mass is 316 g/mol. The van der Waals surface area contributed by atoms with E-state index in [1.54, 1.807) is 0 Å². The van der Waals surface area contributed by atoms with Gasteiger partial charge < -0.3 is 5.11 Å². The third-order valence-electron chi connectivity index (χ3n) is 8.74. The zero-order valence-electron chi connectivity index (χ0n) is 14.9. The Hall–Kier alpha value is -0.790. The second-order valence-electron chi connectivity index (χ2n) is 9.90. The maximum atomic E-state index is 11.5. The Kier molecular flexibility index (Phi) is 3.32. The van der Waals surface area contributed by atoms with E-state index in [4.69, 9.17) is 0 Å². The van der Waals surface area contributed by atoms with Crippen molar-refractivity contribution in [2.45, 2.75) is 78.1 Å². The van der Waals surface area contributed by atoms with Gasteiger partial charge in [-0.05, 0) is 85.4 Å². The Labute approximate surface area is 140 Å². The maximum absolute atomic E-state index is 11.5. The predicted octanol–water partition coefficient (Wildman–Crippen LogP) is 5.43. The van der Waals surface area contributed by atoms with E-state index >= 15 is 0 Å². The highest BCUT2D eigenvalue weighted by Gasteiger charge is 2.63. The van der Waals surface area contributed by atoms with E-state index in [-0.39, 0.29) is 5.41 Å². The number of carboxylic acid groups (broad SMARTS) is 1. The molecule has 1 N–H and O–H groups in total. The largest absolute Gasteiger partial charge is 0.481 e. The number of hydrogen-bond acceptors (Lipinski definition) is 1. The third-order valence-corrected chi connectivity index (χ3v) is 8.74. The van der Waals surface area contributed by atoms with Gasteiger partial charge in [0.05, 0.1) is 6.42 Å². The molecule has 0 amide bonds. The Balaban J connectivity index is 1.70. The molecule has 6 atom stereocenters. The first-order valence-corrected chi connectivity index (χ1v) is 9.69. The summed E-state index contributed by atoms with van der Waals surface area (Å²) in [5.41, 5.74) is 2.41. The Morgan fingerprint density at radius 3 is 2.70 bits per heavy atom. The number of rotatable bonds is 2. The van der Waals surface area contributed by atoms with Gasteiger partial charge in [0.25, 0.3) is 0 Å². The summed E-state index contributed by atoms with van der Waals surface area (Å²) in [4.78, 5) is 11.5. The average molecular weight is 316 g/mol. The van der Waals surface area contributed by atoms with Crippen LogP contribution in [0.1, 0.15) is 78.1 Å². The van der Waals surface area contributed by atoms with Crippen LogP contribution in [-0.4, -0.2) is 11.1 Å². The fourth-order valence-corrected chi connectivity index (χ4v) is 8.05. The van der Waals surface area contributed by atoms with Crippen LogP contribution in [0.3, 0.4) is 0 Å². The minimum atomic E-state index is -0.602. The van der Waals surface area contributed by atoms with Crippen molar-refractivity contribution in [1.29, 1.82) is 0 Å². The molecule has 2 bridgehead atoms. The molecule has 2 heteroatoms. The number of fused-ring (bicyclic) bond motifs is 3. The average Bonchev–Trinajstić information content (AvgIpc) is 2.67. The van der Waals surface area contributed by atoms with Crippen molar-refractivity contribution < 1.29 is 9.90 Å². The summed E-state index contributed by atoms with van der Waals surface area (Å²) in [5.74, 6) is 1.59. The molecule has 1 unspecified atom stereocenters. The summed E-state index contributed by atoms with van der Waals surface area (Å²) in [6.45, 7) is 9.21. The van der Waals surface area contributed by atoms with Crippen molar-refractivity contribution in [3.8, 4) is 0 Å². The van der Waals surface area contributed by atoms with E-state index in [9.17, 15) is 9.90 Å². The molecule has 0 aliphatic heterocycles. The number of hydrogen-bond donors (Lipinski definition) is 1. The van der Waals surface area contributed by atoms with E-state index in [2.05, 4.69) is 20.4 Å². The minimum Gasteiger partial charge on any atom is -0.481 e. The van der Waals surface area contributed by atoms with Crippen LogP contribution >= 0.6 is 0 Å². The molecule has 0 aromatic carbocycles. The molecule has 1 spiro atoms. The topological polar surface area (TPSA) is 37.3 Å². The zero-order chi connectivity index (χ0) is 16.5. The molecule has 128 valence electrons. The molecule has 4 rings (SSSR count). The van der Waals surface area contributed by atoms with Crippen molar-refractivity contribution in [3.05, 3.63) is 12.2 Å². The summed E-state index contributed by atoms with van der Waals surface area (Å²) in [6.07, 6.45) is 11.9. The number of carboxylic acids is 1. The highest BCUT2D eigenvalue weighted by molar-refractivity contribution is 5.67. The van der Waals surface area contributed by atoms with Gasteiger partial charge in [-0.15, -0.1) is 0 Å². The molecule has 0 radical (unpaired) electrons. The summed E-state index contributed by atoms with van der Waals surface area (Å²) in [7, 11) is 0. The van der Waals surface area contributed by atoms with E-state index in [0.717, 1.165) is 18.3 Å². The molecule has 4 aliphatic rings. The summed E-state index contributed by atoms with van der Waals surface area (Å²) in [6, 6.07) is 0. The number of allylic oxidation sites excluding steroid dienone is 1. The van der Waals surface area contributed by atoms with Crippen molar-refractivity contribution in [2.75, 3.05) is 0 Å². The Morgan fingerprint density at radius 1 is 1.17 bits per heavy atom. The van der Waals surface area contributed by atoms with Crippen LogP contribution in [0.4, 0.5) is 0 Å². The van der Waals surface area contributed by atoms with Gasteiger partial charge in [0.15, 0.2) is 0 Å². The molecule has 4 aliphatic carbocycles. The SMILES string of the molecule is C=C1C[C@@]23CC[C@H]4C(C)(CC(=O)O)CCC[C@]4(C)[C@@H]2CC[C@H]1C3. The lowest BCUT2D eigenvalue weighted by atomic mass is 9.40. The van der Waals surface area contributed by atoms with E-state index in [1.165, 1.54) is 56.9 Å². The van der Waals surface area contributed by atoms with E-state index < -0.39 is 5.97 Å². The Bertz CT molecular complexity index is 552. The molecule has 23 heavy (non-hydrogen) atoms. The predicted molar refractivity (Wildman–Crippen MR) is 92.1 cm³/mol. The van der Waals surface area contributed by atoms with Gasteiger partial charge in [-0.25, -0.2) is 0 Å². The minimum absolute atomic E-state index is 0.00685. The van der Waals surface area contributed by atoms with Crippen molar-refractivity contribution in [1.82, 2.24) is 0 Å². The molecule has 0 aromatic heterocycles. The number of carbonyl (C=O) groups is 1. The van der Waals surface area contributed by atoms with Gasteiger partial charge in [0.1, 0.15) is 0 Å². The molecular formula is C21H32O2. The van der Waals surface area contributed by atoms with Crippen molar-refractivity contribution >= 4 is 5.97 Å². The second-order valence-corrected chi connectivity index (χ2v) is 9.90. The summed E-state index contributed by atoms with van der Waals surface area (Å²) < 4.78 is 0. The van der Waals surface area contributed by atoms with Crippen LogP contribution < -0.4 is 0 Å². The second kappa shape index (κ2) is 4.86. The van der Waals surface area contributed by atoms with Gasteiger partial charge in [-0.2, -0.15) is 0 Å². The summed E-state index contributed by atoms with van der Waals surface area (Å²) in [5, 5.41) is 9.46. The standard InChI is InChI=1S/C21H32O2/c1-14-11-21-10-7-16-19(2,13-18(22)23)8-4-9-20(16,3)17(21)6-5-15(14)12-21/h15-17H,1,4-13H2,2-3H3,(H,22,23)/t15-,16-,17-,19?,20-,21+/m0/s1. The van der Waals surface area contributed by atoms with Crippen molar-refractivity contribution in [3.63, 3.8) is 0 Å². The normalized spacial score (nSPS) is 51.9. The third kappa shape index (κ3) is 2.09. The lowest BCUT2D eigenvalue weighted by Crippen LogP contribution is -2.56. The molecule has 4 saturated carbocycles. The molecule has 2 nitrogen and oxygen atoms in total. The first kappa shape index (κ1) is 15.7. The quantitative estimate of drug-likeness (QED) is 0.690. The van der Waals surface area contributed by atoms with Gasteiger partial charge in [-0.3, -0.25) is 4.79 Å². The van der Waals surface area contributed by atoms with Gasteiger partial charge in [0.2, 0.25) is 0 Å². The van der Waals surface area contributed by atoms with E-state index in [1.807, 2.05) is 0 Å². The van der Waals surface area contributed by atoms with Crippen molar-refractivity contribution in [2.24, 2.45) is 34.0 Å². The molecule has 0 aromatic rings. The van der Waals surface area contributed by atoms with Crippen LogP contribution in [-0.2, 0) is 4.79 Å². The lowest BCUT2D eigenvalue weighted by Gasteiger charge is -2.64. The van der Waals surface area contributed by atoms with Crippen LogP contribution in [0, 0.1) is 34.0 Å². The van der Waals surface area contributed by atoms with Crippen LogP contribution in [0.15, 0.2) is 12.2 Å². The smallest absolute Gasteiger partial charge is 0.303 e. The molecule has 0 saturated heterocycles. The molecule has 4 fully saturated rings. The summed E-state index contributed by atoms with van der Waals surface area (Å²) >= 11 is 0. The van der Waals surface area contributed by atoms with Crippen LogP contribution in [0.25, 0.3) is 0 Å². The Morgan fingerprint density at radius 2 is 1.96 bits per heavy atom. The zero-order valence-corrected chi connectivity index (χ0v) is 14.9. The molecular weight excluding hydrogens is 284 g/mol. The van der Waals surface area contributed by atoms with Crippen LogP contribution in [0.2, 0.25) is 0 Å². The number of aliphatic carboxylic acids is 1. The van der Waals surface area contributed by atoms with E-state index in [0.29, 0.717) is 23.2 Å². The van der Waals surface area contributed by atoms with Gasteiger partial charge >= 0.3 is 5.97 Å². The fourth-order valence-electron chi connectivity index (χ4n) is 8.05.